The van der Waals surface area contributed by atoms with Crippen molar-refractivity contribution in [3.8, 4) is 0 Å². The Morgan fingerprint density at radius 3 is 2.75 bits per heavy atom. The van der Waals surface area contributed by atoms with E-state index in [2.05, 4.69) is 11.9 Å². The Balaban J connectivity index is 3.13. The first-order valence-electron chi connectivity index (χ1n) is 4.18. The van der Waals surface area contributed by atoms with Crippen LogP contribution in [0.5, 0.6) is 0 Å². The molecule has 1 aromatic rings. The minimum atomic E-state index is -0.154. The lowest BCUT2D eigenvalue weighted by molar-refractivity contribution is 0.743. The third-order valence-corrected chi connectivity index (χ3v) is 1.94. The number of hydrogen-bond acceptors (Lipinski definition) is 2. The van der Waals surface area contributed by atoms with Gasteiger partial charge in [-0.25, -0.2) is 4.79 Å². The first-order chi connectivity index (χ1) is 5.65. The predicted molar refractivity (Wildman–Crippen MR) is 48.2 cm³/mol. The molecule has 0 radical (unpaired) electrons. The Morgan fingerprint density at radius 2 is 2.25 bits per heavy atom. The first kappa shape index (κ1) is 8.97. The zero-order chi connectivity index (χ0) is 9.14. The van der Waals surface area contributed by atoms with Crippen LogP contribution < -0.4 is 5.69 Å². The molecule has 0 fully saturated rings. The summed E-state index contributed by atoms with van der Waals surface area (Å²) in [4.78, 5) is 15.1. The molecule has 0 aliphatic carbocycles. The van der Waals surface area contributed by atoms with Crippen molar-refractivity contribution in [1.82, 2.24) is 9.55 Å². The maximum atomic E-state index is 11.2. The Hall–Kier alpha value is -1.12. The Labute approximate surface area is 72.1 Å². The lowest BCUT2D eigenvalue weighted by Gasteiger charge is -2.03. The first-order valence-corrected chi connectivity index (χ1v) is 4.18. The largest absolute Gasteiger partial charge is 0.347 e. The SMILES string of the molecule is CCCc1cc(C)n(C)c(=O)n1. The summed E-state index contributed by atoms with van der Waals surface area (Å²) in [6.45, 7) is 4.00. The average molecular weight is 166 g/mol. The second-order valence-electron chi connectivity index (χ2n) is 2.98. The summed E-state index contributed by atoms with van der Waals surface area (Å²) in [5, 5.41) is 0. The highest BCUT2D eigenvalue weighted by Gasteiger charge is 1.99. The summed E-state index contributed by atoms with van der Waals surface area (Å²) in [6.07, 6.45) is 1.91. The van der Waals surface area contributed by atoms with Crippen LogP contribution >= 0.6 is 0 Å². The van der Waals surface area contributed by atoms with Crippen molar-refractivity contribution >= 4 is 0 Å². The summed E-state index contributed by atoms with van der Waals surface area (Å²) in [5.74, 6) is 0. The summed E-state index contributed by atoms with van der Waals surface area (Å²) < 4.78 is 1.55. The molecule has 0 aliphatic rings. The van der Waals surface area contributed by atoms with Gasteiger partial charge in [0.15, 0.2) is 0 Å². The van der Waals surface area contributed by atoms with Crippen molar-refractivity contribution in [3.05, 3.63) is 27.9 Å². The van der Waals surface area contributed by atoms with E-state index in [-0.39, 0.29) is 5.69 Å². The standard InChI is InChI=1S/C9H14N2O/c1-4-5-8-6-7(2)11(3)9(12)10-8/h6H,4-5H2,1-3H3. The quantitative estimate of drug-likeness (QED) is 0.658. The second-order valence-corrected chi connectivity index (χ2v) is 2.98. The fourth-order valence-corrected chi connectivity index (χ4v) is 1.10. The van der Waals surface area contributed by atoms with E-state index in [1.54, 1.807) is 11.6 Å². The average Bonchev–Trinajstić information content (AvgIpc) is 2.01. The molecule has 0 spiro atoms. The zero-order valence-electron chi connectivity index (χ0n) is 7.79. The van der Waals surface area contributed by atoms with Crippen LogP contribution in [0.4, 0.5) is 0 Å². The number of nitrogens with zero attached hydrogens (tertiary/aromatic N) is 2. The van der Waals surface area contributed by atoms with Gasteiger partial charge in [0.1, 0.15) is 0 Å². The van der Waals surface area contributed by atoms with Gasteiger partial charge in [-0.1, -0.05) is 13.3 Å². The van der Waals surface area contributed by atoms with E-state index in [1.807, 2.05) is 13.0 Å². The van der Waals surface area contributed by atoms with Crippen molar-refractivity contribution in [1.29, 1.82) is 0 Å². The topological polar surface area (TPSA) is 34.9 Å². The van der Waals surface area contributed by atoms with Crippen molar-refractivity contribution in [2.45, 2.75) is 26.7 Å². The van der Waals surface area contributed by atoms with Crippen LogP contribution in [0.15, 0.2) is 10.9 Å². The molecule has 66 valence electrons. The molecule has 0 aromatic carbocycles. The van der Waals surface area contributed by atoms with E-state index in [0.29, 0.717) is 0 Å². The van der Waals surface area contributed by atoms with Gasteiger partial charge in [-0.15, -0.1) is 0 Å². The van der Waals surface area contributed by atoms with Crippen LogP contribution in [-0.2, 0) is 13.5 Å². The van der Waals surface area contributed by atoms with Crippen molar-refractivity contribution in [2.75, 3.05) is 0 Å². The van der Waals surface area contributed by atoms with Crippen LogP contribution in [0.25, 0.3) is 0 Å². The van der Waals surface area contributed by atoms with E-state index in [1.165, 1.54) is 0 Å². The van der Waals surface area contributed by atoms with Crippen LogP contribution in [0.3, 0.4) is 0 Å². The number of aryl methyl sites for hydroxylation is 2. The van der Waals surface area contributed by atoms with Gasteiger partial charge >= 0.3 is 5.69 Å². The molecule has 0 N–H and O–H groups in total. The lowest BCUT2D eigenvalue weighted by atomic mass is 10.2. The summed E-state index contributed by atoms with van der Waals surface area (Å²) in [6, 6.07) is 1.96. The smallest absolute Gasteiger partial charge is 0.300 e. The number of aromatic nitrogens is 2. The molecule has 12 heavy (non-hydrogen) atoms. The molecular weight excluding hydrogens is 152 g/mol. The highest BCUT2D eigenvalue weighted by Crippen LogP contribution is 1.99. The molecular formula is C9H14N2O. The van der Waals surface area contributed by atoms with E-state index in [4.69, 9.17) is 0 Å². The molecule has 1 heterocycles. The summed E-state index contributed by atoms with van der Waals surface area (Å²) >= 11 is 0. The lowest BCUT2D eigenvalue weighted by Crippen LogP contribution is -2.23. The number of rotatable bonds is 2. The van der Waals surface area contributed by atoms with Gasteiger partial charge in [-0.3, -0.25) is 4.57 Å². The van der Waals surface area contributed by atoms with Crippen LogP contribution in [0.1, 0.15) is 24.7 Å². The Morgan fingerprint density at radius 1 is 1.58 bits per heavy atom. The molecule has 0 saturated carbocycles. The summed E-state index contributed by atoms with van der Waals surface area (Å²) in [5.41, 5.74) is 1.72. The molecule has 1 aromatic heterocycles. The fraction of sp³-hybridized carbons (Fsp3) is 0.556. The second kappa shape index (κ2) is 3.52. The number of hydrogen-bond donors (Lipinski definition) is 0. The zero-order valence-corrected chi connectivity index (χ0v) is 7.79. The molecule has 0 aliphatic heterocycles. The molecule has 0 unspecified atom stereocenters. The van der Waals surface area contributed by atoms with E-state index < -0.39 is 0 Å². The third kappa shape index (κ3) is 1.72. The van der Waals surface area contributed by atoms with Crippen molar-refractivity contribution < 1.29 is 0 Å². The highest BCUT2D eigenvalue weighted by molar-refractivity contribution is 5.07. The maximum absolute atomic E-state index is 11.2. The van der Waals surface area contributed by atoms with E-state index in [9.17, 15) is 4.79 Å². The Kier molecular flexibility index (Phi) is 2.63. The predicted octanol–water partition coefficient (Wildman–Crippen LogP) is 1.04. The van der Waals surface area contributed by atoms with Gasteiger partial charge in [-0.05, 0) is 19.4 Å². The van der Waals surface area contributed by atoms with Crippen molar-refractivity contribution in [3.63, 3.8) is 0 Å². The normalized spacial score (nSPS) is 10.2. The van der Waals surface area contributed by atoms with Gasteiger partial charge in [0.05, 0.1) is 0 Å². The van der Waals surface area contributed by atoms with Gasteiger partial charge in [0.25, 0.3) is 0 Å². The van der Waals surface area contributed by atoms with Crippen LogP contribution in [0.2, 0.25) is 0 Å². The third-order valence-electron chi connectivity index (χ3n) is 1.94. The van der Waals surface area contributed by atoms with Gasteiger partial charge in [-0.2, -0.15) is 4.98 Å². The summed E-state index contributed by atoms with van der Waals surface area (Å²) in [7, 11) is 1.74. The minimum Gasteiger partial charge on any atom is -0.300 e. The Bertz CT molecular complexity index is 328. The van der Waals surface area contributed by atoms with Gasteiger partial charge in [0.2, 0.25) is 0 Å². The minimum absolute atomic E-state index is 0.154. The van der Waals surface area contributed by atoms with Crippen molar-refractivity contribution in [2.24, 2.45) is 7.05 Å². The molecule has 3 heteroatoms. The van der Waals surface area contributed by atoms with Crippen LogP contribution in [-0.4, -0.2) is 9.55 Å². The molecule has 0 saturated heterocycles. The molecule has 3 nitrogen and oxygen atoms in total. The molecule has 0 bridgehead atoms. The molecule has 0 amide bonds. The van der Waals surface area contributed by atoms with Crippen LogP contribution in [0, 0.1) is 6.92 Å². The maximum Gasteiger partial charge on any atom is 0.347 e. The highest BCUT2D eigenvalue weighted by atomic mass is 16.1. The molecule has 0 atom stereocenters. The van der Waals surface area contributed by atoms with E-state index >= 15 is 0 Å². The monoisotopic (exact) mass is 166 g/mol. The van der Waals surface area contributed by atoms with Gasteiger partial charge < -0.3 is 0 Å². The molecule has 1 rings (SSSR count). The van der Waals surface area contributed by atoms with Gasteiger partial charge in [0, 0.05) is 18.4 Å². The fourth-order valence-electron chi connectivity index (χ4n) is 1.10. The van der Waals surface area contributed by atoms with E-state index in [0.717, 1.165) is 24.2 Å².